The van der Waals surface area contributed by atoms with Gasteiger partial charge in [0, 0.05) is 31.7 Å². The van der Waals surface area contributed by atoms with Gasteiger partial charge in [-0.25, -0.2) is 0 Å². The monoisotopic (exact) mass is 421 g/mol. The van der Waals surface area contributed by atoms with Crippen molar-refractivity contribution >= 4 is 17.7 Å². The third-order valence-electron chi connectivity index (χ3n) is 6.21. The van der Waals surface area contributed by atoms with Crippen LogP contribution in [0.2, 0.25) is 0 Å². The van der Waals surface area contributed by atoms with Gasteiger partial charge in [0.1, 0.15) is 6.04 Å². The number of nitrogens with one attached hydrogen (secondary N) is 2. The Balaban J connectivity index is 2.33. The molecular weight excluding hydrogens is 382 g/mol. The van der Waals surface area contributed by atoms with E-state index in [1.807, 2.05) is 39.8 Å². The Kier molecular flexibility index (Phi) is 8.47. The number of carbonyl (C=O) groups excluding carboxylic acids is 3. The Bertz CT molecular complexity index is 655. The summed E-state index contributed by atoms with van der Waals surface area (Å²) in [4.78, 5) is 41.2. The van der Waals surface area contributed by atoms with Crippen LogP contribution in [0.1, 0.15) is 59.8 Å². The van der Waals surface area contributed by atoms with Crippen LogP contribution in [0.5, 0.6) is 0 Å². The topological polar surface area (TPSA) is 98.7 Å². The molecule has 7 heteroatoms. The van der Waals surface area contributed by atoms with Crippen LogP contribution in [0.3, 0.4) is 0 Å². The molecule has 0 bridgehead atoms. The van der Waals surface area contributed by atoms with Crippen molar-refractivity contribution in [2.24, 2.45) is 23.7 Å². The Morgan fingerprint density at radius 1 is 1.10 bits per heavy atom. The summed E-state index contributed by atoms with van der Waals surface area (Å²) >= 11 is 0. The molecule has 0 unspecified atom stereocenters. The number of fused-ring (bicyclic) bond motifs is 1. The molecule has 7 nitrogen and oxygen atoms in total. The summed E-state index contributed by atoms with van der Waals surface area (Å²) in [5.74, 6) is -1.65. The van der Waals surface area contributed by atoms with Crippen molar-refractivity contribution in [3.05, 3.63) is 12.2 Å². The van der Waals surface area contributed by atoms with Gasteiger partial charge in [-0.3, -0.25) is 14.4 Å². The molecule has 1 aliphatic carbocycles. The fourth-order valence-electron chi connectivity index (χ4n) is 4.84. The van der Waals surface area contributed by atoms with Gasteiger partial charge >= 0.3 is 0 Å². The molecule has 2 rings (SSSR count). The molecule has 2 aliphatic rings. The lowest BCUT2D eigenvalue weighted by Gasteiger charge is -2.34. The minimum Gasteiger partial charge on any atom is -0.396 e. The van der Waals surface area contributed by atoms with Gasteiger partial charge in [-0.1, -0.05) is 31.9 Å². The van der Waals surface area contributed by atoms with Gasteiger partial charge in [0.15, 0.2) is 0 Å². The lowest BCUT2D eigenvalue weighted by Crippen LogP contribution is -2.52. The maximum atomic E-state index is 13.5. The van der Waals surface area contributed by atoms with E-state index in [4.69, 9.17) is 5.11 Å². The van der Waals surface area contributed by atoms with Gasteiger partial charge in [0.2, 0.25) is 17.7 Å². The van der Waals surface area contributed by atoms with Crippen LogP contribution in [0.4, 0.5) is 0 Å². The Morgan fingerprint density at radius 2 is 1.77 bits per heavy atom. The number of allylic oxidation sites excluding steroid dienone is 1. The Hall–Kier alpha value is -1.89. The van der Waals surface area contributed by atoms with E-state index in [1.54, 1.807) is 11.9 Å². The number of amides is 3. The number of aliphatic hydroxyl groups excluding tert-OH is 1. The molecule has 0 spiro atoms. The van der Waals surface area contributed by atoms with E-state index in [2.05, 4.69) is 10.6 Å². The van der Waals surface area contributed by atoms with E-state index in [9.17, 15) is 14.4 Å². The van der Waals surface area contributed by atoms with Crippen LogP contribution in [0.25, 0.3) is 0 Å². The zero-order valence-corrected chi connectivity index (χ0v) is 19.1. The molecule has 0 radical (unpaired) electrons. The predicted molar refractivity (Wildman–Crippen MR) is 116 cm³/mol. The maximum absolute atomic E-state index is 13.5. The van der Waals surface area contributed by atoms with Gasteiger partial charge in [-0.05, 0) is 46.0 Å². The minimum absolute atomic E-state index is 0.00835. The summed E-state index contributed by atoms with van der Waals surface area (Å²) in [7, 11) is 1.60. The van der Waals surface area contributed by atoms with Crippen molar-refractivity contribution in [2.75, 3.05) is 20.2 Å². The number of aliphatic hydroxyl groups is 1. The number of hydrogen-bond donors (Lipinski definition) is 3. The van der Waals surface area contributed by atoms with Crippen LogP contribution in [0.15, 0.2) is 12.2 Å². The van der Waals surface area contributed by atoms with E-state index in [1.165, 1.54) is 0 Å². The van der Waals surface area contributed by atoms with Gasteiger partial charge in [-0.2, -0.15) is 0 Å². The first-order chi connectivity index (χ1) is 14.2. The summed E-state index contributed by atoms with van der Waals surface area (Å²) in [6, 6.07) is -0.597. The summed E-state index contributed by atoms with van der Waals surface area (Å²) in [5.41, 5.74) is -0.407. The van der Waals surface area contributed by atoms with E-state index >= 15 is 0 Å². The Labute approximate surface area is 180 Å². The molecule has 0 aromatic rings. The molecule has 0 aromatic carbocycles. The smallest absolute Gasteiger partial charge is 0.243 e. The van der Waals surface area contributed by atoms with Crippen molar-refractivity contribution in [1.82, 2.24) is 15.5 Å². The Morgan fingerprint density at radius 3 is 2.33 bits per heavy atom. The number of hydrogen-bond acceptors (Lipinski definition) is 4. The fraction of sp³-hybridized carbons (Fsp3) is 0.783. The maximum Gasteiger partial charge on any atom is 0.243 e. The number of likely N-dealkylation sites (tertiary alicyclic amines) is 1. The summed E-state index contributed by atoms with van der Waals surface area (Å²) < 4.78 is 0. The quantitative estimate of drug-likeness (QED) is 0.391. The van der Waals surface area contributed by atoms with Crippen LogP contribution >= 0.6 is 0 Å². The highest BCUT2D eigenvalue weighted by Gasteiger charge is 2.56. The van der Waals surface area contributed by atoms with E-state index in [-0.39, 0.29) is 36.2 Å². The second kappa shape index (κ2) is 10.4. The molecule has 1 fully saturated rings. The average Bonchev–Trinajstić information content (AvgIpc) is 2.97. The molecule has 0 saturated carbocycles. The largest absolute Gasteiger partial charge is 0.396 e. The molecule has 5 atom stereocenters. The third kappa shape index (κ3) is 5.42. The molecule has 1 saturated heterocycles. The summed E-state index contributed by atoms with van der Waals surface area (Å²) in [6.45, 7) is 8.46. The first-order valence-corrected chi connectivity index (χ1v) is 11.3. The van der Waals surface area contributed by atoms with Crippen molar-refractivity contribution in [2.45, 2.75) is 71.4 Å². The molecule has 3 N–H and O–H groups in total. The van der Waals surface area contributed by atoms with Crippen molar-refractivity contribution in [1.29, 1.82) is 0 Å². The first-order valence-electron chi connectivity index (χ1n) is 11.3. The number of rotatable bonds is 9. The van der Waals surface area contributed by atoms with E-state index in [0.717, 1.165) is 32.1 Å². The number of unbranched alkanes of at least 4 members (excludes halogenated alkanes) is 3. The van der Waals surface area contributed by atoms with Gasteiger partial charge in [0.05, 0.1) is 11.8 Å². The van der Waals surface area contributed by atoms with Crippen molar-refractivity contribution in [3.63, 3.8) is 0 Å². The minimum atomic E-state index is -0.597. The zero-order chi connectivity index (χ0) is 22.5. The van der Waals surface area contributed by atoms with Gasteiger partial charge in [0.25, 0.3) is 0 Å². The third-order valence-corrected chi connectivity index (χ3v) is 6.21. The fourth-order valence-corrected chi connectivity index (χ4v) is 4.84. The van der Waals surface area contributed by atoms with Crippen LogP contribution < -0.4 is 10.6 Å². The molecule has 1 heterocycles. The molecule has 30 heavy (non-hydrogen) atoms. The normalized spacial score (nSPS) is 28.4. The molecule has 0 aromatic heterocycles. The second-order valence-electron chi connectivity index (χ2n) is 9.55. The molecule has 3 amide bonds. The second-order valence-corrected chi connectivity index (χ2v) is 9.55. The average molecular weight is 422 g/mol. The highest BCUT2D eigenvalue weighted by molar-refractivity contribution is 5.96. The van der Waals surface area contributed by atoms with Crippen molar-refractivity contribution in [3.8, 4) is 0 Å². The van der Waals surface area contributed by atoms with E-state index < -0.39 is 23.4 Å². The van der Waals surface area contributed by atoms with Crippen LogP contribution in [-0.2, 0) is 14.4 Å². The molecule has 170 valence electrons. The highest BCUT2D eigenvalue weighted by atomic mass is 16.3. The lowest BCUT2D eigenvalue weighted by atomic mass is 9.68. The van der Waals surface area contributed by atoms with Gasteiger partial charge < -0.3 is 20.6 Å². The SMILES string of the molecule is CC[C@@H]1C=C[C@H]2[C@H](C(=O)N(CCCCCCO)[C@@H]2C(=O)NC(C)(C)C)[C@@H]1C(=O)NC. The predicted octanol–water partition coefficient (Wildman–Crippen LogP) is 1.86. The van der Waals surface area contributed by atoms with Gasteiger partial charge in [-0.15, -0.1) is 0 Å². The lowest BCUT2D eigenvalue weighted by molar-refractivity contribution is -0.141. The van der Waals surface area contributed by atoms with Crippen LogP contribution in [-0.4, -0.2) is 59.5 Å². The number of nitrogens with zero attached hydrogens (tertiary/aromatic N) is 1. The number of carbonyl (C=O) groups is 3. The molecular formula is C23H39N3O4. The van der Waals surface area contributed by atoms with Crippen LogP contribution in [0, 0.1) is 23.7 Å². The van der Waals surface area contributed by atoms with Crippen molar-refractivity contribution < 1.29 is 19.5 Å². The summed E-state index contributed by atoms with van der Waals surface area (Å²) in [5, 5.41) is 14.7. The summed E-state index contributed by atoms with van der Waals surface area (Å²) in [6.07, 6.45) is 8.09. The zero-order valence-electron chi connectivity index (χ0n) is 19.1. The standard InChI is InChI=1S/C23H39N3O4/c1-6-15-11-12-16-18(17(15)20(28)24-5)22(30)26(13-9-7-8-10-14-27)19(16)21(29)25-23(2,3)4/h11-12,15-19,27H,6-10,13-14H2,1-5H3,(H,24,28)(H,25,29)/t15-,16+,17-,18+,19+/m1/s1. The first kappa shape index (κ1) is 24.4. The molecule has 1 aliphatic heterocycles. The van der Waals surface area contributed by atoms with E-state index in [0.29, 0.717) is 6.54 Å². The highest BCUT2D eigenvalue weighted by Crippen LogP contribution is 2.45.